The molecule has 1 saturated heterocycles. The van der Waals surface area contributed by atoms with Crippen LogP contribution in [-0.2, 0) is 9.59 Å². The number of hydrogen-bond donors (Lipinski definition) is 2. The van der Waals surface area contributed by atoms with Gasteiger partial charge in [-0.1, -0.05) is 17.7 Å². The number of hydrogen-bond acceptors (Lipinski definition) is 3. The van der Waals surface area contributed by atoms with Gasteiger partial charge in [0.2, 0.25) is 11.8 Å². The molecule has 0 radical (unpaired) electrons. The average Bonchev–Trinajstić information content (AvgIpc) is 2.66. The summed E-state index contributed by atoms with van der Waals surface area (Å²) in [5.41, 5.74) is 1.17. The maximum atomic E-state index is 11.8. The number of rotatable bonds is 5. The van der Waals surface area contributed by atoms with E-state index in [0.717, 1.165) is 18.6 Å². The van der Waals surface area contributed by atoms with Gasteiger partial charge in [0.05, 0.1) is 13.0 Å². The lowest BCUT2D eigenvalue weighted by Crippen LogP contribution is -2.45. The summed E-state index contributed by atoms with van der Waals surface area (Å²) in [6, 6.07) is 7.29. The average molecular weight is 290 g/mol. The summed E-state index contributed by atoms with van der Waals surface area (Å²) in [4.78, 5) is 23.6. The Morgan fingerprint density at radius 1 is 1.33 bits per heavy atom. The number of nitrogens with one attached hydrogen (secondary N) is 2. The van der Waals surface area contributed by atoms with Crippen LogP contribution in [0.1, 0.15) is 31.2 Å². The fourth-order valence-corrected chi connectivity index (χ4v) is 2.24. The van der Waals surface area contributed by atoms with Gasteiger partial charge in [-0.3, -0.25) is 9.59 Å². The molecule has 2 N–H and O–H groups in total. The topological polar surface area (TPSA) is 67.4 Å². The first-order chi connectivity index (χ1) is 10.1. The Hall–Kier alpha value is -2.04. The molecule has 1 atom stereocenters. The maximum absolute atomic E-state index is 11.8. The highest BCUT2D eigenvalue weighted by Crippen LogP contribution is 2.11. The summed E-state index contributed by atoms with van der Waals surface area (Å²) in [7, 11) is 0. The summed E-state index contributed by atoms with van der Waals surface area (Å²) >= 11 is 0. The molecule has 0 bridgehead atoms. The number of carbonyl (C=O) groups excluding carboxylic acids is 2. The van der Waals surface area contributed by atoms with E-state index in [1.54, 1.807) is 0 Å². The largest absolute Gasteiger partial charge is 0.493 e. The molecule has 1 aliphatic heterocycles. The Morgan fingerprint density at radius 2 is 2.10 bits per heavy atom. The Balaban J connectivity index is 1.71. The van der Waals surface area contributed by atoms with Crippen molar-refractivity contribution in [2.24, 2.45) is 0 Å². The molecular formula is C16H22N2O3. The molecule has 0 saturated carbocycles. The van der Waals surface area contributed by atoms with E-state index in [1.807, 2.05) is 31.2 Å². The van der Waals surface area contributed by atoms with Gasteiger partial charge in [-0.25, -0.2) is 0 Å². The minimum Gasteiger partial charge on any atom is -0.493 e. The highest BCUT2D eigenvalue weighted by Gasteiger charge is 2.21. The SMILES string of the molecule is Cc1ccc(OCCC(=O)NC2CCCCNC2=O)cc1. The van der Waals surface area contributed by atoms with Crippen molar-refractivity contribution < 1.29 is 14.3 Å². The number of carbonyl (C=O) groups is 2. The second kappa shape index (κ2) is 7.67. The number of benzene rings is 1. The maximum Gasteiger partial charge on any atom is 0.242 e. The molecule has 114 valence electrons. The van der Waals surface area contributed by atoms with Gasteiger partial charge >= 0.3 is 0 Å². The third-order valence-corrected chi connectivity index (χ3v) is 3.49. The molecule has 1 heterocycles. The van der Waals surface area contributed by atoms with Crippen molar-refractivity contribution in [3.8, 4) is 5.75 Å². The number of ether oxygens (including phenoxy) is 1. The van der Waals surface area contributed by atoms with E-state index in [0.29, 0.717) is 19.6 Å². The molecule has 1 aliphatic rings. The van der Waals surface area contributed by atoms with E-state index < -0.39 is 6.04 Å². The molecule has 2 amide bonds. The molecule has 5 nitrogen and oxygen atoms in total. The van der Waals surface area contributed by atoms with Crippen LogP contribution in [0.2, 0.25) is 0 Å². The third kappa shape index (κ3) is 5.10. The lowest BCUT2D eigenvalue weighted by molar-refractivity contribution is -0.129. The van der Waals surface area contributed by atoms with E-state index in [1.165, 1.54) is 5.56 Å². The highest BCUT2D eigenvalue weighted by molar-refractivity contribution is 5.87. The first-order valence-corrected chi connectivity index (χ1v) is 7.42. The van der Waals surface area contributed by atoms with Crippen molar-refractivity contribution in [3.05, 3.63) is 29.8 Å². The highest BCUT2D eigenvalue weighted by atomic mass is 16.5. The Bertz CT molecular complexity index is 485. The van der Waals surface area contributed by atoms with Crippen molar-refractivity contribution in [2.75, 3.05) is 13.2 Å². The van der Waals surface area contributed by atoms with Crippen molar-refractivity contribution in [3.63, 3.8) is 0 Å². The second-order valence-corrected chi connectivity index (χ2v) is 5.32. The van der Waals surface area contributed by atoms with Gasteiger partial charge in [-0.15, -0.1) is 0 Å². The van der Waals surface area contributed by atoms with Crippen LogP contribution in [0.25, 0.3) is 0 Å². The van der Waals surface area contributed by atoms with Crippen molar-refractivity contribution in [1.82, 2.24) is 10.6 Å². The van der Waals surface area contributed by atoms with E-state index in [-0.39, 0.29) is 18.2 Å². The second-order valence-electron chi connectivity index (χ2n) is 5.32. The molecule has 1 unspecified atom stereocenters. The van der Waals surface area contributed by atoms with Crippen LogP contribution in [0, 0.1) is 6.92 Å². The molecule has 0 aromatic heterocycles. The van der Waals surface area contributed by atoms with Gasteiger partial charge in [0.15, 0.2) is 0 Å². The molecule has 1 aromatic carbocycles. The zero-order valence-electron chi connectivity index (χ0n) is 12.4. The summed E-state index contributed by atoms with van der Waals surface area (Å²) in [6.07, 6.45) is 2.87. The normalized spacial score (nSPS) is 18.5. The molecule has 0 aliphatic carbocycles. The van der Waals surface area contributed by atoms with Crippen LogP contribution in [0.3, 0.4) is 0 Å². The third-order valence-electron chi connectivity index (χ3n) is 3.49. The van der Waals surface area contributed by atoms with Crippen LogP contribution in [0.15, 0.2) is 24.3 Å². The smallest absolute Gasteiger partial charge is 0.242 e. The van der Waals surface area contributed by atoms with Crippen molar-refractivity contribution >= 4 is 11.8 Å². The molecule has 21 heavy (non-hydrogen) atoms. The van der Waals surface area contributed by atoms with Gasteiger partial charge in [0.1, 0.15) is 11.8 Å². The quantitative estimate of drug-likeness (QED) is 0.864. The summed E-state index contributed by atoms with van der Waals surface area (Å²) in [5.74, 6) is 0.519. The summed E-state index contributed by atoms with van der Waals surface area (Å²) < 4.78 is 5.51. The van der Waals surface area contributed by atoms with E-state index in [2.05, 4.69) is 10.6 Å². The Morgan fingerprint density at radius 3 is 2.86 bits per heavy atom. The number of amides is 2. The lowest BCUT2D eigenvalue weighted by Gasteiger charge is -2.15. The molecule has 2 rings (SSSR count). The van der Waals surface area contributed by atoms with E-state index >= 15 is 0 Å². The van der Waals surface area contributed by atoms with Gasteiger partial charge in [-0.2, -0.15) is 0 Å². The van der Waals surface area contributed by atoms with Gasteiger partial charge in [0, 0.05) is 6.54 Å². The zero-order valence-corrected chi connectivity index (χ0v) is 12.4. The van der Waals surface area contributed by atoms with E-state index in [9.17, 15) is 9.59 Å². The monoisotopic (exact) mass is 290 g/mol. The predicted molar refractivity (Wildman–Crippen MR) is 80.1 cm³/mol. The first-order valence-electron chi connectivity index (χ1n) is 7.42. The van der Waals surface area contributed by atoms with Gasteiger partial charge in [0.25, 0.3) is 0 Å². The molecule has 1 aromatic rings. The molecular weight excluding hydrogens is 268 g/mol. The minimum absolute atomic E-state index is 0.0831. The van der Waals surface area contributed by atoms with Crippen LogP contribution in [0.5, 0.6) is 5.75 Å². The van der Waals surface area contributed by atoms with Gasteiger partial charge < -0.3 is 15.4 Å². The molecule has 0 spiro atoms. The predicted octanol–water partition coefficient (Wildman–Crippen LogP) is 1.55. The van der Waals surface area contributed by atoms with Gasteiger partial charge in [-0.05, 0) is 38.3 Å². The first kappa shape index (κ1) is 15.4. The Labute approximate surface area is 125 Å². The Kier molecular flexibility index (Phi) is 5.60. The van der Waals surface area contributed by atoms with Crippen molar-refractivity contribution in [1.29, 1.82) is 0 Å². The fourth-order valence-electron chi connectivity index (χ4n) is 2.24. The molecule has 1 fully saturated rings. The van der Waals surface area contributed by atoms with Crippen LogP contribution in [0.4, 0.5) is 0 Å². The summed E-state index contributed by atoms with van der Waals surface area (Å²) in [6.45, 7) is 3.01. The zero-order chi connectivity index (χ0) is 15.1. The fraction of sp³-hybridized carbons (Fsp3) is 0.500. The van der Waals surface area contributed by atoms with Crippen molar-refractivity contribution in [2.45, 2.75) is 38.6 Å². The minimum atomic E-state index is -0.403. The van der Waals surface area contributed by atoms with E-state index in [4.69, 9.17) is 4.74 Å². The lowest BCUT2D eigenvalue weighted by atomic mass is 10.1. The van der Waals surface area contributed by atoms with Crippen LogP contribution >= 0.6 is 0 Å². The standard InChI is InChI=1S/C16H22N2O3/c1-12-5-7-13(8-6-12)21-11-9-15(19)18-14-4-2-3-10-17-16(14)20/h5-8,14H,2-4,9-11H2,1H3,(H,17,20)(H,18,19). The van der Waals surface area contributed by atoms with Crippen LogP contribution in [-0.4, -0.2) is 31.0 Å². The summed E-state index contributed by atoms with van der Waals surface area (Å²) in [5, 5.41) is 5.58. The number of aryl methyl sites for hydroxylation is 1. The van der Waals surface area contributed by atoms with Crippen LogP contribution < -0.4 is 15.4 Å². The molecule has 5 heteroatoms.